The van der Waals surface area contributed by atoms with Gasteiger partial charge in [-0.1, -0.05) is 13.0 Å². The van der Waals surface area contributed by atoms with Crippen LogP contribution in [-0.2, 0) is 11.3 Å². The fraction of sp³-hybridized carbons (Fsp3) is 0.625. The molecule has 0 amide bonds. The van der Waals surface area contributed by atoms with Gasteiger partial charge in [-0.25, -0.2) is 0 Å². The Balaban J connectivity index is 2.77. The summed E-state index contributed by atoms with van der Waals surface area (Å²) in [6, 6.07) is 6.24. The summed E-state index contributed by atoms with van der Waals surface area (Å²) >= 11 is 0. The quantitative estimate of drug-likeness (QED) is 0.769. The Hall–Kier alpha value is -1.10. The summed E-state index contributed by atoms with van der Waals surface area (Å²) in [4.78, 5) is 0. The zero-order valence-electron chi connectivity index (χ0n) is 13.2. The van der Waals surface area contributed by atoms with Crippen LogP contribution in [-0.4, -0.2) is 31.5 Å². The molecule has 1 rings (SSSR count). The first-order chi connectivity index (χ1) is 9.43. The molecule has 114 valence electrons. The van der Waals surface area contributed by atoms with Crippen molar-refractivity contribution in [1.82, 2.24) is 5.32 Å². The minimum absolute atomic E-state index is 0.162. The molecule has 0 spiro atoms. The SMILES string of the molecule is CCC(C)(O)CNC(C)c1ccc(OC)c(COC)c1. The third-order valence-electron chi connectivity index (χ3n) is 3.66. The first-order valence-corrected chi connectivity index (χ1v) is 7.05. The predicted octanol–water partition coefficient (Wildman–Crippen LogP) is 2.65. The Morgan fingerprint density at radius 3 is 2.60 bits per heavy atom. The molecule has 0 saturated heterocycles. The molecule has 1 aromatic rings. The van der Waals surface area contributed by atoms with E-state index < -0.39 is 5.60 Å². The standard InChI is InChI=1S/C16H27NO3/c1-6-16(3,18)11-17-12(2)13-7-8-15(20-5)14(9-13)10-19-4/h7-9,12,17-18H,6,10-11H2,1-5H3. The van der Waals surface area contributed by atoms with Gasteiger partial charge in [-0.15, -0.1) is 0 Å². The molecule has 2 atom stereocenters. The van der Waals surface area contributed by atoms with Gasteiger partial charge in [0.1, 0.15) is 5.75 Å². The molecule has 2 unspecified atom stereocenters. The Morgan fingerprint density at radius 1 is 1.35 bits per heavy atom. The van der Waals surface area contributed by atoms with Gasteiger partial charge in [0.05, 0.1) is 19.3 Å². The summed E-state index contributed by atoms with van der Waals surface area (Å²) in [6.45, 7) is 7.00. The number of hydrogen-bond acceptors (Lipinski definition) is 4. The molecule has 0 bridgehead atoms. The van der Waals surface area contributed by atoms with E-state index in [2.05, 4.69) is 18.3 Å². The summed E-state index contributed by atoms with van der Waals surface area (Å²) in [5.74, 6) is 0.836. The van der Waals surface area contributed by atoms with Gasteiger partial charge >= 0.3 is 0 Å². The van der Waals surface area contributed by atoms with E-state index in [0.717, 1.165) is 23.3 Å². The molecule has 0 fully saturated rings. The van der Waals surface area contributed by atoms with Crippen LogP contribution in [0.5, 0.6) is 5.75 Å². The van der Waals surface area contributed by atoms with Crippen molar-refractivity contribution >= 4 is 0 Å². The van der Waals surface area contributed by atoms with E-state index in [9.17, 15) is 5.11 Å². The van der Waals surface area contributed by atoms with Crippen LogP contribution in [0.15, 0.2) is 18.2 Å². The van der Waals surface area contributed by atoms with Gasteiger partial charge in [-0.05, 0) is 38.0 Å². The fourth-order valence-electron chi connectivity index (χ4n) is 1.95. The zero-order valence-corrected chi connectivity index (χ0v) is 13.2. The molecule has 0 aliphatic heterocycles. The highest BCUT2D eigenvalue weighted by Crippen LogP contribution is 2.24. The average molecular weight is 281 g/mol. The highest BCUT2D eigenvalue weighted by Gasteiger charge is 2.19. The number of benzene rings is 1. The van der Waals surface area contributed by atoms with Crippen molar-refractivity contribution < 1.29 is 14.6 Å². The number of aliphatic hydroxyl groups is 1. The van der Waals surface area contributed by atoms with Crippen molar-refractivity contribution in [2.45, 2.75) is 45.4 Å². The number of methoxy groups -OCH3 is 2. The molecule has 4 nitrogen and oxygen atoms in total. The van der Waals surface area contributed by atoms with Gasteiger partial charge < -0.3 is 19.9 Å². The lowest BCUT2D eigenvalue weighted by Gasteiger charge is -2.25. The van der Waals surface area contributed by atoms with Gasteiger partial charge in [0.2, 0.25) is 0 Å². The monoisotopic (exact) mass is 281 g/mol. The van der Waals surface area contributed by atoms with Crippen LogP contribution in [0.4, 0.5) is 0 Å². The van der Waals surface area contributed by atoms with Crippen molar-refractivity contribution in [3.63, 3.8) is 0 Å². The number of rotatable bonds is 8. The van der Waals surface area contributed by atoms with Crippen LogP contribution in [0.2, 0.25) is 0 Å². The minimum atomic E-state index is -0.671. The fourth-order valence-corrected chi connectivity index (χ4v) is 1.95. The Morgan fingerprint density at radius 2 is 2.05 bits per heavy atom. The first-order valence-electron chi connectivity index (χ1n) is 7.05. The summed E-state index contributed by atoms with van der Waals surface area (Å²) in [6.07, 6.45) is 0.726. The van der Waals surface area contributed by atoms with Crippen LogP contribution in [0, 0.1) is 0 Å². The lowest BCUT2D eigenvalue weighted by atomic mass is 10.0. The van der Waals surface area contributed by atoms with Crippen LogP contribution in [0.25, 0.3) is 0 Å². The van der Waals surface area contributed by atoms with E-state index in [-0.39, 0.29) is 6.04 Å². The molecule has 0 aliphatic rings. The van der Waals surface area contributed by atoms with Crippen molar-refractivity contribution in [2.24, 2.45) is 0 Å². The van der Waals surface area contributed by atoms with Gasteiger partial charge in [-0.2, -0.15) is 0 Å². The molecule has 1 aromatic carbocycles. The smallest absolute Gasteiger partial charge is 0.124 e. The highest BCUT2D eigenvalue weighted by atomic mass is 16.5. The molecule has 2 N–H and O–H groups in total. The molecule has 0 aromatic heterocycles. The second-order valence-corrected chi connectivity index (χ2v) is 5.46. The second kappa shape index (κ2) is 7.62. The molecule has 0 saturated carbocycles. The second-order valence-electron chi connectivity index (χ2n) is 5.46. The van der Waals surface area contributed by atoms with Gasteiger partial charge in [0.25, 0.3) is 0 Å². The van der Waals surface area contributed by atoms with Gasteiger partial charge in [0.15, 0.2) is 0 Å². The largest absolute Gasteiger partial charge is 0.496 e. The molecule has 0 heterocycles. The average Bonchev–Trinajstić information content (AvgIpc) is 2.45. The van der Waals surface area contributed by atoms with Crippen LogP contribution < -0.4 is 10.1 Å². The van der Waals surface area contributed by atoms with Gasteiger partial charge in [-0.3, -0.25) is 0 Å². The third-order valence-corrected chi connectivity index (χ3v) is 3.66. The van der Waals surface area contributed by atoms with Crippen molar-refractivity contribution in [2.75, 3.05) is 20.8 Å². The van der Waals surface area contributed by atoms with E-state index in [4.69, 9.17) is 9.47 Å². The van der Waals surface area contributed by atoms with Crippen molar-refractivity contribution in [3.8, 4) is 5.75 Å². The van der Waals surface area contributed by atoms with E-state index in [0.29, 0.717) is 13.2 Å². The molecular formula is C16H27NO3. The Kier molecular flexibility index (Phi) is 6.46. The number of hydrogen-bond donors (Lipinski definition) is 2. The van der Waals surface area contributed by atoms with E-state index >= 15 is 0 Å². The van der Waals surface area contributed by atoms with Crippen molar-refractivity contribution in [3.05, 3.63) is 29.3 Å². The molecule has 4 heteroatoms. The topological polar surface area (TPSA) is 50.7 Å². The zero-order chi connectivity index (χ0) is 15.2. The summed E-state index contributed by atoms with van der Waals surface area (Å²) < 4.78 is 10.5. The Labute approximate surface area is 122 Å². The normalized spacial score (nSPS) is 15.7. The number of ether oxygens (including phenoxy) is 2. The van der Waals surface area contributed by atoms with Gasteiger partial charge in [0, 0.05) is 25.3 Å². The minimum Gasteiger partial charge on any atom is -0.496 e. The Bertz CT molecular complexity index is 418. The third kappa shape index (κ3) is 4.78. The number of nitrogens with one attached hydrogen (secondary N) is 1. The van der Waals surface area contributed by atoms with Crippen LogP contribution in [0.1, 0.15) is 44.4 Å². The first kappa shape index (κ1) is 17.0. The van der Waals surface area contributed by atoms with E-state index in [1.165, 1.54) is 0 Å². The highest BCUT2D eigenvalue weighted by molar-refractivity contribution is 5.38. The summed E-state index contributed by atoms with van der Waals surface area (Å²) in [7, 11) is 3.33. The predicted molar refractivity (Wildman–Crippen MR) is 81.0 cm³/mol. The molecule has 20 heavy (non-hydrogen) atoms. The molecular weight excluding hydrogens is 254 g/mol. The van der Waals surface area contributed by atoms with E-state index in [1.54, 1.807) is 14.2 Å². The molecule has 0 radical (unpaired) electrons. The summed E-state index contributed by atoms with van der Waals surface area (Å²) in [5.41, 5.74) is 1.52. The van der Waals surface area contributed by atoms with E-state index in [1.807, 2.05) is 26.0 Å². The maximum atomic E-state index is 10.0. The van der Waals surface area contributed by atoms with Crippen molar-refractivity contribution in [1.29, 1.82) is 0 Å². The maximum absolute atomic E-state index is 10.0. The van der Waals surface area contributed by atoms with Crippen LogP contribution >= 0.6 is 0 Å². The van der Waals surface area contributed by atoms with Crippen LogP contribution in [0.3, 0.4) is 0 Å². The lowest BCUT2D eigenvalue weighted by molar-refractivity contribution is 0.0533. The summed E-state index contributed by atoms with van der Waals surface area (Å²) in [5, 5.41) is 13.4. The maximum Gasteiger partial charge on any atom is 0.124 e. The lowest BCUT2D eigenvalue weighted by Crippen LogP contribution is -2.38. The molecule has 0 aliphatic carbocycles.